The molecule has 0 bridgehead atoms. The molecule has 1 N–H and O–H groups in total. The molecular formula is C17H11FN4O2S2. The van der Waals surface area contributed by atoms with Crippen molar-refractivity contribution >= 4 is 51.9 Å². The molecule has 0 atom stereocenters. The van der Waals surface area contributed by atoms with Crippen molar-refractivity contribution in [3.8, 4) is 11.3 Å². The SMILES string of the molecule is CSC1=NSC2=NC(=O)/C(=C\c3ccc(-c4ccc(F)cc4)o3)C(=N)N12. The molecule has 2 aromatic rings. The fourth-order valence-corrected chi connectivity index (χ4v) is 3.93. The number of nitrogens with zero attached hydrogens (tertiary/aromatic N) is 3. The van der Waals surface area contributed by atoms with Gasteiger partial charge in [0.25, 0.3) is 5.91 Å². The highest BCUT2D eigenvalue weighted by Gasteiger charge is 2.37. The summed E-state index contributed by atoms with van der Waals surface area (Å²) in [7, 11) is 0. The number of fused-ring (bicyclic) bond motifs is 1. The van der Waals surface area contributed by atoms with E-state index in [0.717, 1.165) is 11.9 Å². The Hall–Kier alpha value is -2.65. The van der Waals surface area contributed by atoms with Crippen LogP contribution in [0.15, 0.2) is 55.8 Å². The van der Waals surface area contributed by atoms with Gasteiger partial charge in [-0.25, -0.2) is 9.29 Å². The van der Waals surface area contributed by atoms with E-state index in [-0.39, 0.29) is 17.2 Å². The predicted octanol–water partition coefficient (Wildman–Crippen LogP) is 4.03. The molecule has 3 heterocycles. The van der Waals surface area contributed by atoms with Gasteiger partial charge in [-0.15, -0.1) is 0 Å². The first-order valence-electron chi connectivity index (χ1n) is 7.45. The second-order valence-electron chi connectivity index (χ2n) is 5.32. The van der Waals surface area contributed by atoms with Gasteiger partial charge >= 0.3 is 0 Å². The fraction of sp³-hybridized carbons (Fsp3) is 0.0588. The van der Waals surface area contributed by atoms with Crippen LogP contribution in [0.5, 0.6) is 0 Å². The molecule has 0 fully saturated rings. The molecule has 4 rings (SSSR count). The molecule has 6 nitrogen and oxygen atoms in total. The van der Waals surface area contributed by atoms with E-state index in [4.69, 9.17) is 9.83 Å². The average Bonchev–Trinajstić information content (AvgIpc) is 3.26. The Morgan fingerprint density at radius 1 is 1.27 bits per heavy atom. The van der Waals surface area contributed by atoms with Gasteiger partial charge < -0.3 is 4.42 Å². The van der Waals surface area contributed by atoms with Crippen LogP contribution in [0.4, 0.5) is 4.39 Å². The summed E-state index contributed by atoms with van der Waals surface area (Å²) < 4.78 is 23.0. The predicted molar refractivity (Wildman–Crippen MR) is 103 cm³/mol. The van der Waals surface area contributed by atoms with Gasteiger partial charge in [0.15, 0.2) is 5.17 Å². The number of hydrogen-bond acceptors (Lipinski definition) is 6. The largest absolute Gasteiger partial charge is 0.457 e. The van der Waals surface area contributed by atoms with Crippen LogP contribution in [0.3, 0.4) is 0 Å². The third kappa shape index (κ3) is 2.89. The summed E-state index contributed by atoms with van der Waals surface area (Å²) >= 11 is 2.45. The highest BCUT2D eigenvalue weighted by atomic mass is 32.2. The van der Waals surface area contributed by atoms with Gasteiger partial charge in [-0.3, -0.25) is 10.2 Å². The number of thioether (sulfide) groups is 1. The maximum absolute atomic E-state index is 13.0. The van der Waals surface area contributed by atoms with Crippen LogP contribution in [-0.2, 0) is 4.79 Å². The van der Waals surface area contributed by atoms with Crippen LogP contribution in [-0.4, -0.2) is 33.2 Å². The normalized spacial score (nSPS) is 18.2. The van der Waals surface area contributed by atoms with E-state index in [1.54, 1.807) is 24.3 Å². The lowest BCUT2D eigenvalue weighted by molar-refractivity contribution is -0.114. The lowest BCUT2D eigenvalue weighted by Crippen LogP contribution is -2.41. The Bertz CT molecular complexity index is 1010. The smallest absolute Gasteiger partial charge is 0.283 e. The minimum atomic E-state index is -0.508. The summed E-state index contributed by atoms with van der Waals surface area (Å²) in [6.45, 7) is 0. The standard InChI is InChI=1S/C17H11FN4O2S2/c1-25-17-21-26-16-20-15(23)12(14(19)22(16)17)8-11-6-7-13(24-11)9-2-4-10(18)5-3-9/h2-8,19H,1H3/b12-8-,19-14?. The number of hydrogen-bond donors (Lipinski definition) is 1. The Morgan fingerprint density at radius 2 is 2.04 bits per heavy atom. The summed E-state index contributed by atoms with van der Waals surface area (Å²) in [5.74, 6) is 0.126. The Kier molecular flexibility index (Phi) is 4.25. The molecular weight excluding hydrogens is 375 g/mol. The number of carbonyl (C=O) groups excluding carboxylic acids is 1. The average molecular weight is 386 g/mol. The Labute approximate surface area is 156 Å². The number of aliphatic imine (C=N–C) groups is 1. The van der Waals surface area contributed by atoms with Crippen molar-refractivity contribution in [1.82, 2.24) is 4.90 Å². The maximum Gasteiger partial charge on any atom is 0.283 e. The van der Waals surface area contributed by atoms with Crippen LogP contribution in [0.2, 0.25) is 0 Å². The second-order valence-corrected chi connectivity index (χ2v) is 6.82. The summed E-state index contributed by atoms with van der Waals surface area (Å²) in [5.41, 5.74) is 0.840. The molecule has 0 radical (unpaired) electrons. The van der Waals surface area contributed by atoms with Crippen molar-refractivity contribution in [2.45, 2.75) is 0 Å². The summed E-state index contributed by atoms with van der Waals surface area (Å²) in [6.07, 6.45) is 3.33. The first-order valence-corrected chi connectivity index (χ1v) is 9.45. The number of halogens is 1. The minimum absolute atomic E-state index is 0.0119. The first-order chi connectivity index (χ1) is 12.6. The van der Waals surface area contributed by atoms with Crippen LogP contribution in [0.25, 0.3) is 17.4 Å². The molecule has 1 aromatic heterocycles. The van der Waals surface area contributed by atoms with E-state index in [2.05, 4.69) is 9.39 Å². The molecule has 1 aromatic carbocycles. The fourth-order valence-electron chi connectivity index (χ4n) is 2.47. The Balaban J connectivity index is 1.66. The lowest BCUT2D eigenvalue weighted by Gasteiger charge is -2.23. The summed E-state index contributed by atoms with van der Waals surface area (Å²) in [5, 5.41) is 9.33. The van der Waals surface area contributed by atoms with Gasteiger partial charge in [-0.2, -0.15) is 9.39 Å². The molecule has 9 heteroatoms. The molecule has 0 saturated carbocycles. The molecule has 2 aliphatic heterocycles. The number of furan rings is 1. The molecule has 0 spiro atoms. The lowest BCUT2D eigenvalue weighted by atomic mass is 10.1. The second kappa shape index (κ2) is 6.58. The van der Waals surface area contributed by atoms with Gasteiger partial charge in [0.05, 0.1) is 17.5 Å². The van der Waals surface area contributed by atoms with E-state index in [1.165, 1.54) is 34.9 Å². The number of benzene rings is 1. The van der Waals surface area contributed by atoms with E-state index in [9.17, 15) is 9.18 Å². The van der Waals surface area contributed by atoms with E-state index < -0.39 is 5.91 Å². The van der Waals surface area contributed by atoms with Crippen LogP contribution < -0.4 is 0 Å². The zero-order valence-corrected chi connectivity index (χ0v) is 15.0. The zero-order valence-electron chi connectivity index (χ0n) is 13.4. The molecule has 0 unspecified atom stereocenters. The summed E-state index contributed by atoms with van der Waals surface area (Å²) in [4.78, 5) is 17.8. The van der Waals surface area contributed by atoms with E-state index in [1.807, 2.05) is 6.26 Å². The van der Waals surface area contributed by atoms with Gasteiger partial charge in [-0.1, -0.05) is 11.8 Å². The third-order valence-corrected chi connectivity index (χ3v) is 5.17. The molecule has 1 amide bonds. The van der Waals surface area contributed by atoms with Gasteiger partial charge in [0, 0.05) is 5.56 Å². The summed E-state index contributed by atoms with van der Waals surface area (Å²) in [6, 6.07) is 9.33. The van der Waals surface area contributed by atoms with Crippen LogP contribution >= 0.6 is 23.7 Å². The number of amidine groups is 3. The van der Waals surface area contributed by atoms with Crippen molar-refractivity contribution in [2.75, 3.05) is 6.26 Å². The number of nitrogens with one attached hydrogen (secondary N) is 1. The van der Waals surface area contributed by atoms with Crippen LogP contribution in [0, 0.1) is 11.2 Å². The van der Waals surface area contributed by atoms with Gasteiger partial charge in [0.1, 0.15) is 23.2 Å². The van der Waals surface area contributed by atoms with Crippen molar-refractivity contribution in [1.29, 1.82) is 5.41 Å². The van der Waals surface area contributed by atoms with Crippen LogP contribution in [0.1, 0.15) is 5.76 Å². The number of rotatable bonds is 2. The van der Waals surface area contributed by atoms with E-state index in [0.29, 0.717) is 27.4 Å². The third-order valence-electron chi connectivity index (χ3n) is 3.72. The van der Waals surface area contributed by atoms with Gasteiger partial charge in [-0.05, 0) is 48.7 Å². The Morgan fingerprint density at radius 3 is 2.77 bits per heavy atom. The molecule has 0 saturated heterocycles. The van der Waals surface area contributed by atoms with Crippen molar-refractivity contribution in [2.24, 2.45) is 9.39 Å². The highest BCUT2D eigenvalue weighted by molar-refractivity contribution is 8.18. The van der Waals surface area contributed by atoms with Crippen molar-refractivity contribution in [3.05, 3.63) is 53.5 Å². The minimum Gasteiger partial charge on any atom is -0.457 e. The van der Waals surface area contributed by atoms with Crippen molar-refractivity contribution < 1.29 is 13.6 Å². The van der Waals surface area contributed by atoms with E-state index >= 15 is 0 Å². The highest BCUT2D eigenvalue weighted by Crippen LogP contribution is 2.31. The molecule has 26 heavy (non-hydrogen) atoms. The monoisotopic (exact) mass is 386 g/mol. The number of amides is 1. The van der Waals surface area contributed by atoms with Crippen molar-refractivity contribution in [3.63, 3.8) is 0 Å². The molecule has 0 aliphatic carbocycles. The first kappa shape index (κ1) is 16.8. The zero-order chi connectivity index (χ0) is 18.3. The maximum atomic E-state index is 13.0. The molecule has 130 valence electrons. The number of carbonyl (C=O) groups is 1. The topological polar surface area (TPSA) is 82.0 Å². The molecule has 2 aliphatic rings. The van der Waals surface area contributed by atoms with Gasteiger partial charge in [0.2, 0.25) is 5.17 Å². The quantitative estimate of drug-likeness (QED) is 0.623.